The molecular weight excluding hydrogens is 302 g/mol. The molecule has 0 aliphatic rings. The Bertz CT molecular complexity index is 431. The van der Waals surface area contributed by atoms with E-state index < -0.39 is 0 Å². The van der Waals surface area contributed by atoms with Crippen molar-refractivity contribution in [1.82, 2.24) is 10.3 Å². The van der Waals surface area contributed by atoms with E-state index in [0.717, 1.165) is 0 Å². The summed E-state index contributed by atoms with van der Waals surface area (Å²) in [7, 11) is 1.69. The monoisotopic (exact) mass is 313 g/mol. The Hall–Kier alpha value is -1.40. The summed E-state index contributed by atoms with van der Waals surface area (Å²) in [6, 6.07) is 5.51. The van der Waals surface area contributed by atoms with E-state index in [1.807, 2.05) is 18.2 Å². The summed E-state index contributed by atoms with van der Waals surface area (Å²) in [6.45, 7) is 1.77. The van der Waals surface area contributed by atoms with E-state index in [1.54, 1.807) is 20.2 Å². The van der Waals surface area contributed by atoms with Gasteiger partial charge in [-0.15, -0.1) is 0 Å². The molecule has 0 aromatic carbocycles. The number of anilines is 1. The Morgan fingerprint density at radius 2 is 2.17 bits per heavy atom. The third-order valence-electron chi connectivity index (χ3n) is 1.61. The zero-order valence-electron chi connectivity index (χ0n) is 10.3. The van der Waals surface area contributed by atoms with Crippen molar-refractivity contribution in [2.24, 2.45) is 15.3 Å². The second-order valence-electron chi connectivity index (χ2n) is 2.98. The zero-order chi connectivity index (χ0) is 12.5. The van der Waals surface area contributed by atoms with Gasteiger partial charge in [0.05, 0.1) is 11.9 Å². The van der Waals surface area contributed by atoms with Crippen LogP contribution in [0.1, 0.15) is 6.92 Å². The molecule has 0 unspecified atom stereocenters. The Balaban J connectivity index is 0.00000289. The van der Waals surface area contributed by atoms with Crippen molar-refractivity contribution in [2.45, 2.75) is 6.92 Å². The van der Waals surface area contributed by atoms with Gasteiger partial charge in [-0.2, -0.15) is 15.3 Å². The number of hydrazone groups is 1. The van der Waals surface area contributed by atoms with Crippen LogP contribution in [0.25, 0.3) is 0 Å². The summed E-state index contributed by atoms with van der Waals surface area (Å²) in [5.74, 6) is 0.666. The smallest absolute Gasteiger partial charge is 0.146 e. The van der Waals surface area contributed by atoms with Gasteiger partial charge >= 0.3 is 0 Å². The summed E-state index contributed by atoms with van der Waals surface area (Å²) < 4.78 is 0. The first-order valence-corrected chi connectivity index (χ1v) is 5.30. The second-order valence-corrected chi connectivity index (χ2v) is 3.37. The third-order valence-corrected chi connectivity index (χ3v) is 1.89. The van der Waals surface area contributed by atoms with E-state index in [4.69, 9.17) is 12.6 Å². The molecule has 0 spiro atoms. The van der Waals surface area contributed by atoms with Crippen molar-refractivity contribution in [3.05, 3.63) is 24.4 Å². The fraction of sp³-hybridized carbons (Fsp3) is 0.200. The van der Waals surface area contributed by atoms with Crippen LogP contribution in [0.4, 0.5) is 5.82 Å². The number of hydrogen-bond donors (Lipinski definition) is 2. The number of aromatic nitrogens is 1. The van der Waals surface area contributed by atoms with Gasteiger partial charge < -0.3 is 17.9 Å². The van der Waals surface area contributed by atoms with Crippen LogP contribution in [-0.2, 0) is 32.1 Å². The van der Waals surface area contributed by atoms with Crippen LogP contribution in [0.15, 0.2) is 39.7 Å². The standard InChI is InChI=1S/C10H14N6S.Zn/c1-8(14-16-10(17)11-2)7-13-15-9-5-3-4-6-12-9;/h3-7H,1-2H3,(H,12,15)(H2,11,16,17);/p-1/b13-7+,14-8+;. The Morgan fingerprint density at radius 1 is 1.39 bits per heavy atom. The van der Waals surface area contributed by atoms with Gasteiger partial charge in [0.1, 0.15) is 5.82 Å². The third kappa shape index (κ3) is 7.03. The minimum atomic E-state index is 0. The molecule has 0 fully saturated rings. The minimum Gasteiger partial charge on any atom is -0.741 e. The van der Waals surface area contributed by atoms with E-state index in [0.29, 0.717) is 16.7 Å². The molecule has 1 rings (SSSR count). The second kappa shape index (κ2) is 9.61. The predicted molar refractivity (Wildman–Crippen MR) is 73.3 cm³/mol. The van der Waals surface area contributed by atoms with E-state index in [-0.39, 0.29) is 19.5 Å². The Morgan fingerprint density at radius 3 is 2.78 bits per heavy atom. The first kappa shape index (κ1) is 16.6. The molecule has 0 amide bonds. The molecule has 0 atom stereocenters. The van der Waals surface area contributed by atoms with Crippen molar-refractivity contribution in [2.75, 3.05) is 12.5 Å². The number of nitrogens with one attached hydrogen (secondary N) is 2. The number of hydrogen-bond acceptors (Lipinski definition) is 6. The molecule has 0 aliphatic heterocycles. The topological polar surface area (TPSA) is 74.0 Å². The van der Waals surface area contributed by atoms with Gasteiger partial charge in [0.25, 0.3) is 0 Å². The maximum Gasteiger partial charge on any atom is 0.146 e. The molecule has 6 nitrogen and oxygen atoms in total. The Labute approximate surface area is 124 Å². The van der Waals surface area contributed by atoms with Crippen LogP contribution in [0.2, 0.25) is 0 Å². The molecule has 92 valence electrons. The first-order chi connectivity index (χ1) is 8.22. The van der Waals surface area contributed by atoms with Crippen LogP contribution in [0, 0.1) is 0 Å². The molecule has 0 saturated heterocycles. The zero-order valence-corrected chi connectivity index (χ0v) is 14.1. The summed E-state index contributed by atoms with van der Waals surface area (Å²) in [6.07, 6.45) is 3.22. The van der Waals surface area contributed by atoms with Crippen molar-refractivity contribution >= 4 is 35.5 Å². The van der Waals surface area contributed by atoms with Crippen LogP contribution in [-0.4, -0.2) is 29.1 Å². The first-order valence-electron chi connectivity index (χ1n) is 4.89. The number of nitrogens with zero attached hydrogens (tertiary/aromatic N) is 4. The number of rotatable bonds is 4. The average molecular weight is 315 g/mol. The molecule has 0 saturated carbocycles. The molecule has 18 heavy (non-hydrogen) atoms. The van der Waals surface area contributed by atoms with E-state index in [2.05, 4.69) is 31.0 Å². The molecular formula is C10H13N6SZn-. The van der Waals surface area contributed by atoms with Gasteiger partial charge in [-0.3, -0.25) is 5.43 Å². The molecule has 0 bridgehead atoms. The maximum absolute atomic E-state index is 4.81. The van der Waals surface area contributed by atoms with Crippen molar-refractivity contribution < 1.29 is 19.5 Å². The summed E-state index contributed by atoms with van der Waals surface area (Å²) >= 11 is 4.81. The summed E-state index contributed by atoms with van der Waals surface area (Å²) in [4.78, 5) is 4.04. The minimum absolute atomic E-state index is 0. The molecule has 8 heteroatoms. The largest absolute Gasteiger partial charge is 0.741 e. The normalized spacial score (nSPS) is 12.1. The molecule has 0 radical (unpaired) electrons. The fourth-order valence-electron chi connectivity index (χ4n) is 0.821. The van der Waals surface area contributed by atoms with Gasteiger partial charge in [-0.05, 0) is 24.2 Å². The van der Waals surface area contributed by atoms with E-state index in [9.17, 15) is 0 Å². The molecule has 1 aromatic rings. The van der Waals surface area contributed by atoms with Crippen molar-refractivity contribution in [3.8, 4) is 0 Å². The van der Waals surface area contributed by atoms with E-state index in [1.165, 1.54) is 6.21 Å². The number of amidine groups is 1. The summed E-state index contributed by atoms with van der Waals surface area (Å²) in [5.41, 5.74) is 3.40. The van der Waals surface area contributed by atoms with Crippen molar-refractivity contribution in [3.63, 3.8) is 0 Å². The Kier molecular flexibility index (Phi) is 8.87. The fourth-order valence-corrected chi connectivity index (χ4v) is 0.862. The van der Waals surface area contributed by atoms with Crippen LogP contribution in [0.5, 0.6) is 0 Å². The number of pyridine rings is 1. The summed E-state index contributed by atoms with van der Waals surface area (Å²) in [5, 5.41) is 14.6. The molecule has 2 N–H and O–H groups in total. The van der Waals surface area contributed by atoms with Gasteiger partial charge in [0.2, 0.25) is 0 Å². The predicted octanol–water partition coefficient (Wildman–Crippen LogP) is 0.975. The average Bonchev–Trinajstić information content (AvgIpc) is 2.37. The van der Waals surface area contributed by atoms with Crippen molar-refractivity contribution in [1.29, 1.82) is 0 Å². The van der Waals surface area contributed by atoms with Crippen LogP contribution in [0.3, 0.4) is 0 Å². The maximum atomic E-state index is 4.81. The SMILES string of the molecule is CN/C([S-])=N/N=C(C)/C=N/Nc1ccccn1.[Zn]. The quantitative estimate of drug-likeness (QED) is 0.286. The van der Waals surface area contributed by atoms with Gasteiger partial charge in [0.15, 0.2) is 0 Å². The molecule has 0 aliphatic carbocycles. The van der Waals surface area contributed by atoms with Gasteiger partial charge in [0, 0.05) is 32.7 Å². The van der Waals surface area contributed by atoms with Crippen LogP contribution >= 0.6 is 0 Å². The van der Waals surface area contributed by atoms with Gasteiger partial charge in [-0.25, -0.2) is 4.98 Å². The van der Waals surface area contributed by atoms with E-state index >= 15 is 0 Å². The van der Waals surface area contributed by atoms with Crippen LogP contribution < -0.4 is 10.7 Å². The molecule has 1 aromatic heterocycles. The molecule has 1 heterocycles. The van der Waals surface area contributed by atoms with Gasteiger partial charge in [-0.1, -0.05) is 6.07 Å².